The molecule has 2 aromatic carbocycles. The molecule has 1 fully saturated rings. The number of H-pyrrole nitrogens is 1. The number of hydrogen-bond donors (Lipinski definition) is 1. The van der Waals surface area contributed by atoms with E-state index in [1.165, 1.54) is 15.3 Å². The molecule has 33 heavy (non-hydrogen) atoms. The molecule has 2 aromatic heterocycles. The Morgan fingerprint density at radius 1 is 1.09 bits per heavy atom. The molecule has 0 spiro atoms. The van der Waals surface area contributed by atoms with Crippen LogP contribution in [0, 0.1) is 6.92 Å². The lowest BCUT2D eigenvalue weighted by molar-refractivity contribution is 0.0730. The second kappa shape index (κ2) is 9.26. The third kappa shape index (κ3) is 4.54. The summed E-state index contributed by atoms with van der Waals surface area (Å²) in [5, 5.41) is 3.35. The van der Waals surface area contributed by atoms with Gasteiger partial charge in [0.1, 0.15) is 0 Å². The number of thiazole rings is 1. The molecule has 0 bridgehead atoms. The summed E-state index contributed by atoms with van der Waals surface area (Å²) in [5.41, 5.74) is 4.33. The minimum atomic E-state index is -3.50. The molecule has 0 atom stereocenters. The number of ether oxygens (including phenoxy) is 1. The van der Waals surface area contributed by atoms with Crippen molar-refractivity contribution in [2.45, 2.75) is 24.8 Å². The maximum absolute atomic E-state index is 12.8. The third-order valence-electron chi connectivity index (χ3n) is 5.94. The fourth-order valence-corrected chi connectivity index (χ4v) is 6.42. The maximum Gasteiger partial charge on any atom is 0.243 e. The zero-order chi connectivity index (χ0) is 22.8. The first-order valence-corrected chi connectivity index (χ1v) is 13.3. The zero-order valence-electron chi connectivity index (χ0n) is 18.4. The molecule has 7 nitrogen and oxygen atoms in total. The molecule has 0 amide bonds. The van der Waals surface area contributed by atoms with Crippen molar-refractivity contribution in [3.63, 3.8) is 0 Å². The monoisotopic (exact) mass is 482 g/mol. The Balaban J connectivity index is 1.37. The van der Waals surface area contributed by atoms with E-state index in [2.05, 4.69) is 46.3 Å². The van der Waals surface area contributed by atoms with Crippen molar-refractivity contribution in [1.82, 2.24) is 13.9 Å². The first-order valence-electron chi connectivity index (χ1n) is 10.9. The van der Waals surface area contributed by atoms with Crippen molar-refractivity contribution in [2.24, 2.45) is 4.99 Å². The highest BCUT2D eigenvalue weighted by atomic mass is 32.2. The van der Waals surface area contributed by atoms with E-state index in [4.69, 9.17) is 9.73 Å². The van der Waals surface area contributed by atoms with Gasteiger partial charge in [-0.1, -0.05) is 18.2 Å². The Morgan fingerprint density at radius 3 is 2.64 bits per heavy atom. The Kier molecular flexibility index (Phi) is 6.20. The normalized spacial score (nSPS) is 16.0. The van der Waals surface area contributed by atoms with Crippen molar-refractivity contribution in [3.05, 3.63) is 76.2 Å². The van der Waals surface area contributed by atoms with Gasteiger partial charge in [-0.3, -0.25) is 0 Å². The quantitative estimate of drug-likeness (QED) is 0.454. The smallest absolute Gasteiger partial charge is 0.243 e. The van der Waals surface area contributed by atoms with Crippen LogP contribution in [0.25, 0.3) is 10.9 Å². The average Bonchev–Trinajstić information content (AvgIpc) is 3.41. The number of morpholine rings is 1. The molecule has 1 aliphatic rings. The molecule has 0 aliphatic carbocycles. The van der Waals surface area contributed by atoms with Gasteiger partial charge in [0.05, 0.1) is 23.8 Å². The summed E-state index contributed by atoms with van der Waals surface area (Å²) < 4.78 is 34.6. The SMILES string of the molecule is Cc1csc(=Nc2ccc(S(=O)(=O)N3CCOCC3)cc2)n1CCc1c[nH]c2ccccc12. The molecular formula is C24H26N4O3S2. The molecule has 5 rings (SSSR count). The number of rotatable bonds is 6. The van der Waals surface area contributed by atoms with Crippen LogP contribution in [0.3, 0.4) is 0 Å². The highest BCUT2D eigenvalue weighted by Gasteiger charge is 2.26. The fourth-order valence-electron chi connectivity index (χ4n) is 4.08. The van der Waals surface area contributed by atoms with Crippen LogP contribution in [0.15, 0.2) is 70.0 Å². The summed E-state index contributed by atoms with van der Waals surface area (Å²) >= 11 is 1.59. The number of hydrogen-bond acceptors (Lipinski definition) is 5. The number of nitrogens with zero attached hydrogens (tertiary/aromatic N) is 3. The summed E-state index contributed by atoms with van der Waals surface area (Å²) in [4.78, 5) is 9.33. The Hall–Kier alpha value is -2.72. The van der Waals surface area contributed by atoms with E-state index in [0.29, 0.717) is 26.3 Å². The Morgan fingerprint density at radius 2 is 1.85 bits per heavy atom. The molecule has 0 saturated carbocycles. The topological polar surface area (TPSA) is 79.7 Å². The van der Waals surface area contributed by atoms with Crippen LogP contribution in [-0.2, 0) is 27.7 Å². The van der Waals surface area contributed by atoms with Crippen LogP contribution in [0.4, 0.5) is 5.69 Å². The van der Waals surface area contributed by atoms with Crippen molar-refractivity contribution in [2.75, 3.05) is 26.3 Å². The summed E-state index contributed by atoms with van der Waals surface area (Å²) in [6.07, 6.45) is 2.98. The molecule has 0 unspecified atom stereocenters. The summed E-state index contributed by atoms with van der Waals surface area (Å²) in [7, 11) is -3.50. The summed E-state index contributed by atoms with van der Waals surface area (Å²) in [6.45, 7) is 4.55. The lowest BCUT2D eigenvalue weighted by Crippen LogP contribution is -2.40. The first kappa shape index (κ1) is 22.1. The van der Waals surface area contributed by atoms with E-state index in [-0.39, 0.29) is 4.90 Å². The van der Waals surface area contributed by atoms with Crippen LogP contribution in [0.1, 0.15) is 11.3 Å². The van der Waals surface area contributed by atoms with Gasteiger partial charge in [-0.15, -0.1) is 11.3 Å². The molecule has 9 heteroatoms. The van der Waals surface area contributed by atoms with E-state index in [0.717, 1.165) is 34.7 Å². The van der Waals surface area contributed by atoms with Gasteiger partial charge in [0, 0.05) is 47.8 Å². The molecule has 1 N–H and O–H groups in total. The average molecular weight is 483 g/mol. The predicted octanol–water partition coefficient (Wildman–Crippen LogP) is 3.84. The van der Waals surface area contributed by atoms with E-state index in [1.54, 1.807) is 35.6 Å². The minimum absolute atomic E-state index is 0.290. The van der Waals surface area contributed by atoms with Crippen molar-refractivity contribution < 1.29 is 13.2 Å². The van der Waals surface area contributed by atoms with Gasteiger partial charge < -0.3 is 14.3 Å². The molecule has 172 valence electrons. The van der Waals surface area contributed by atoms with Gasteiger partial charge in [0.2, 0.25) is 10.0 Å². The van der Waals surface area contributed by atoms with Gasteiger partial charge in [-0.05, 0) is 49.2 Å². The molecule has 0 radical (unpaired) electrons. The van der Waals surface area contributed by atoms with Crippen molar-refractivity contribution in [1.29, 1.82) is 0 Å². The molecule has 1 aliphatic heterocycles. The number of nitrogens with one attached hydrogen (secondary N) is 1. The van der Waals surface area contributed by atoms with E-state index >= 15 is 0 Å². The maximum atomic E-state index is 12.8. The Labute approximate surface area is 197 Å². The van der Waals surface area contributed by atoms with Crippen LogP contribution in [-0.4, -0.2) is 48.6 Å². The lowest BCUT2D eigenvalue weighted by Gasteiger charge is -2.26. The van der Waals surface area contributed by atoms with Gasteiger partial charge in [0.15, 0.2) is 4.80 Å². The third-order valence-corrected chi connectivity index (χ3v) is 8.83. The molecule has 1 saturated heterocycles. The number of sulfonamides is 1. The predicted molar refractivity (Wildman–Crippen MR) is 130 cm³/mol. The van der Waals surface area contributed by atoms with E-state index < -0.39 is 10.0 Å². The standard InChI is InChI=1S/C24H26N4O3S2/c1-18-17-32-24(28(18)11-10-19-16-25-23-5-3-2-4-22(19)23)26-20-6-8-21(9-7-20)33(29,30)27-12-14-31-15-13-27/h2-9,16-17,25H,10-15H2,1H3. The molecule has 4 aromatic rings. The fraction of sp³-hybridized carbons (Fsp3) is 0.292. The lowest BCUT2D eigenvalue weighted by atomic mass is 10.1. The molecular weight excluding hydrogens is 456 g/mol. The first-order chi connectivity index (χ1) is 16.0. The van der Waals surface area contributed by atoms with Crippen molar-refractivity contribution >= 4 is 38.0 Å². The molecule has 3 heterocycles. The van der Waals surface area contributed by atoms with Gasteiger partial charge in [-0.25, -0.2) is 13.4 Å². The number of aromatic nitrogens is 2. The summed E-state index contributed by atoms with van der Waals surface area (Å²) in [5.74, 6) is 0. The number of aromatic amines is 1. The van der Waals surface area contributed by atoms with Crippen LogP contribution in [0.5, 0.6) is 0 Å². The van der Waals surface area contributed by atoms with E-state index in [1.807, 2.05) is 6.07 Å². The Bertz CT molecular complexity index is 1430. The summed E-state index contributed by atoms with van der Waals surface area (Å²) in [6, 6.07) is 15.1. The van der Waals surface area contributed by atoms with Crippen molar-refractivity contribution in [3.8, 4) is 0 Å². The number of benzene rings is 2. The minimum Gasteiger partial charge on any atom is -0.379 e. The van der Waals surface area contributed by atoms with Gasteiger partial charge in [-0.2, -0.15) is 4.31 Å². The van der Waals surface area contributed by atoms with Gasteiger partial charge >= 0.3 is 0 Å². The van der Waals surface area contributed by atoms with Crippen LogP contribution in [0.2, 0.25) is 0 Å². The second-order valence-corrected chi connectivity index (χ2v) is 10.8. The number of aryl methyl sites for hydroxylation is 2. The second-order valence-electron chi connectivity index (χ2n) is 8.04. The highest BCUT2D eigenvalue weighted by Crippen LogP contribution is 2.21. The number of fused-ring (bicyclic) bond motifs is 1. The van der Waals surface area contributed by atoms with E-state index in [9.17, 15) is 8.42 Å². The zero-order valence-corrected chi connectivity index (χ0v) is 20.0. The van der Waals surface area contributed by atoms with Crippen LogP contribution < -0.4 is 4.80 Å². The number of para-hydroxylation sites is 1. The highest BCUT2D eigenvalue weighted by molar-refractivity contribution is 7.89. The van der Waals surface area contributed by atoms with Gasteiger partial charge in [0.25, 0.3) is 0 Å². The largest absolute Gasteiger partial charge is 0.379 e. The van der Waals surface area contributed by atoms with Crippen LogP contribution >= 0.6 is 11.3 Å².